The van der Waals surface area contributed by atoms with Crippen molar-refractivity contribution in [2.45, 2.75) is 9.37 Å². The van der Waals surface area contributed by atoms with E-state index < -0.39 is 0 Å². The second-order valence-corrected chi connectivity index (χ2v) is 4.34. The molecule has 0 atom stereocenters. The number of anilines is 1. The Kier molecular flexibility index (Phi) is 2.42. The van der Waals surface area contributed by atoms with Gasteiger partial charge in [-0.2, -0.15) is 0 Å². The predicted octanol–water partition coefficient (Wildman–Crippen LogP) is 1.67. The van der Waals surface area contributed by atoms with E-state index in [4.69, 9.17) is 5.73 Å². The van der Waals surface area contributed by atoms with Crippen LogP contribution in [-0.4, -0.2) is 15.2 Å². The molecular weight excluding hydrogens is 204 g/mol. The summed E-state index contributed by atoms with van der Waals surface area (Å²) < 4.78 is 0.886. The minimum Gasteiger partial charge on any atom is -0.397 e. The van der Waals surface area contributed by atoms with Gasteiger partial charge in [0.25, 0.3) is 0 Å². The molecule has 66 valence electrons. The third kappa shape index (κ3) is 2.16. The number of rotatable bonds is 2. The third-order valence-electron chi connectivity index (χ3n) is 1.29. The summed E-state index contributed by atoms with van der Waals surface area (Å²) in [5.74, 6) is 0. The molecule has 0 aliphatic rings. The first-order chi connectivity index (χ1) is 6.34. The van der Waals surface area contributed by atoms with Crippen LogP contribution in [0.2, 0.25) is 0 Å². The number of nitrogens with zero attached hydrogens (tertiary/aromatic N) is 3. The monoisotopic (exact) mass is 210 g/mol. The van der Waals surface area contributed by atoms with Gasteiger partial charge in [-0.3, -0.25) is 0 Å². The fourth-order valence-corrected chi connectivity index (χ4v) is 2.11. The van der Waals surface area contributed by atoms with E-state index in [-0.39, 0.29) is 0 Å². The zero-order chi connectivity index (χ0) is 9.10. The van der Waals surface area contributed by atoms with Crippen LogP contribution in [0, 0.1) is 0 Å². The van der Waals surface area contributed by atoms with Gasteiger partial charge in [-0.15, -0.1) is 10.2 Å². The Hall–Kier alpha value is -1.14. The molecule has 6 heteroatoms. The molecule has 2 rings (SSSR count). The summed E-state index contributed by atoms with van der Waals surface area (Å²) in [7, 11) is 0. The van der Waals surface area contributed by atoms with Gasteiger partial charge in [0.2, 0.25) is 0 Å². The molecule has 0 aliphatic heterocycles. The van der Waals surface area contributed by atoms with E-state index in [9.17, 15) is 0 Å². The maximum absolute atomic E-state index is 5.50. The number of hydrogen-bond donors (Lipinski definition) is 1. The third-order valence-corrected chi connectivity index (χ3v) is 3.02. The molecule has 0 saturated heterocycles. The maximum atomic E-state index is 5.50. The van der Waals surface area contributed by atoms with Crippen LogP contribution in [-0.2, 0) is 0 Å². The van der Waals surface area contributed by atoms with Gasteiger partial charge >= 0.3 is 0 Å². The molecule has 4 nitrogen and oxygen atoms in total. The highest BCUT2D eigenvalue weighted by molar-refractivity contribution is 8.00. The quantitative estimate of drug-likeness (QED) is 0.816. The number of hydrogen-bond acceptors (Lipinski definition) is 6. The molecule has 2 heterocycles. The second-order valence-electron chi connectivity index (χ2n) is 2.24. The van der Waals surface area contributed by atoms with Crippen molar-refractivity contribution < 1.29 is 0 Å². The lowest BCUT2D eigenvalue weighted by Gasteiger charge is -1.95. The van der Waals surface area contributed by atoms with Crippen molar-refractivity contribution in [1.82, 2.24) is 15.2 Å². The number of nitrogens with two attached hydrogens (primary N) is 1. The van der Waals surface area contributed by atoms with Crippen LogP contribution in [0.4, 0.5) is 5.69 Å². The normalized spacial score (nSPS) is 10.2. The molecule has 0 radical (unpaired) electrons. The van der Waals surface area contributed by atoms with Gasteiger partial charge in [-0.25, -0.2) is 4.98 Å². The number of nitrogen functional groups attached to an aromatic ring is 1. The van der Waals surface area contributed by atoms with Gasteiger partial charge in [-0.1, -0.05) is 11.3 Å². The van der Waals surface area contributed by atoms with Gasteiger partial charge in [0.1, 0.15) is 10.5 Å². The Labute approximate surface area is 83.2 Å². The van der Waals surface area contributed by atoms with Crippen LogP contribution >= 0.6 is 23.1 Å². The van der Waals surface area contributed by atoms with E-state index in [1.165, 1.54) is 23.1 Å². The van der Waals surface area contributed by atoms with E-state index in [1.807, 2.05) is 12.1 Å². The largest absolute Gasteiger partial charge is 0.397 e. The summed E-state index contributed by atoms with van der Waals surface area (Å²) in [5, 5.41) is 8.51. The van der Waals surface area contributed by atoms with Crippen LogP contribution in [0.15, 0.2) is 33.2 Å². The van der Waals surface area contributed by atoms with Crippen molar-refractivity contribution >= 4 is 28.8 Å². The molecule has 0 fully saturated rings. The molecule has 2 aromatic heterocycles. The molecular formula is C7H6N4S2. The average molecular weight is 210 g/mol. The predicted molar refractivity (Wildman–Crippen MR) is 52.7 cm³/mol. The maximum Gasteiger partial charge on any atom is 0.180 e. The lowest BCUT2D eigenvalue weighted by molar-refractivity contribution is 1.01. The van der Waals surface area contributed by atoms with Crippen molar-refractivity contribution in [3.63, 3.8) is 0 Å². The van der Waals surface area contributed by atoms with Crippen molar-refractivity contribution in [3.8, 4) is 0 Å². The summed E-state index contributed by atoms with van der Waals surface area (Å²) in [5.41, 5.74) is 7.87. The first-order valence-electron chi connectivity index (χ1n) is 3.50. The fourth-order valence-electron chi connectivity index (χ4n) is 0.749. The highest BCUT2D eigenvalue weighted by Gasteiger charge is 2.00. The topological polar surface area (TPSA) is 64.7 Å². The van der Waals surface area contributed by atoms with Crippen molar-refractivity contribution in [2.24, 2.45) is 0 Å². The summed E-state index contributed by atoms with van der Waals surface area (Å²) in [6, 6.07) is 3.68. The van der Waals surface area contributed by atoms with E-state index in [0.717, 1.165) is 9.37 Å². The van der Waals surface area contributed by atoms with Crippen LogP contribution in [0.25, 0.3) is 0 Å². The van der Waals surface area contributed by atoms with E-state index >= 15 is 0 Å². The van der Waals surface area contributed by atoms with Gasteiger partial charge in [0.15, 0.2) is 4.34 Å². The van der Waals surface area contributed by atoms with E-state index in [0.29, 0.717) is 5.69 Å². The molecule has 0 amide bonds. The molecule has 0 bridgehead atoms. The fraction of sp³-hybridized carbons (Fsp3) is 0. The summed E-state index contributed by atoms with van der Waals surface area (Å²) in [4.78, 5) is 4.13. The minimum absolute atomic E-state index is 0.668. The van der Waals surface area contributed by atoms with Gasteiger partial charge < -0.3 is 5.73 Å². The van der Waals surface area contributed by atoms with E-state index in [1.54, 1.807) is 11.7 Å². The Bertz CT molecular complexity index is 370. The minimum atomic E-state index is 0.668. The molecule has 0 aromatic carbocycles. The van der Waals surface area contributed by atoms with Gasteiger partial charge in [-0.05, 0) is 23.9 Å². The van der Waals surface area contributed by atoms with Crippen LogP contribution in [0.3, 0.4) is 0 Å². The van der Waals surface area contributed by atoms with Crippen LogP contribution < -0.4 is 5.73 Å². The summed E-state index contributed by atoms with van der Waals surface area (Å²) in [6.45, 7) is 0. The highest BCUT2D eigenvalue weighted by atomic mass is 32.2. The lowest BCUT2D eigenvalue weighted by Crippen LogP contribution is -1.86. The standard InChI is InChI=1S/C7H6N4S2/c8-5-1-2-6(9-3-5)13-7-11-10-4-12-7/h1-4H,8H2. The van der Waals surface area contributed by atoms with Crippen molar-refractivity contribution in [3.05, 3.63) is 23.8 Å². The van der Waals surface area contributed by atoms with Crippen LogP contribution in [0.5, 0.6) is 0 Å². The Balaban J connectivity index is 2.15. The SMILES string of the molecule is Nc1ccc(Sc2nncs2)nc1. The second kappa shape index (κ2) is 3.71. The first kappa shape index (κ1) is 8.46. The molecule has 13 heavy (non-hydrogen) atoms. The summed E-state index contributed by atoms with van der Waals surface area (Å²) >= 11 is 2.97. The highest BCUT2D eigenvalue weighted by Crippen LogP contribution is 2.26. The van der Waals surface area contributed by atoms with Crippen molar-refractivity contribution in [2.75, 3.05) is 5.73 Å². The zero-order valence-corrected chi connectivity index (χ0v) is 8.18. The molecule has 0 saturated carbocycles. The average Bonchev–Trinajstić information content (AvgIpc) is 2.62. The molecule has 0 aliphatic carbocycles. The Morgan fingerprint density at radius 2 is 2.31 bits per heavy atom. The number of aromatic nitrogens is 3. The zero-order valence-electron chi connectivity index (χ0n) is 6.54. The number of pyridine rings is 1. The summed E-state index contributed by atoms with van der Waals surface area (Å²) in [6.07, 6.45) is 1.63. The van der Waals surface area contributed by atoms with Crippen LogP contribution in [0.1, 0.15) is 0 Å². The Morgan fingerprint density at radius 1 is 1.38 bits per heavy atom. The van der Waals surface area contributed by atoms with Crippen molar-refractivity contribution in [1.29, 1.82) is 0 Å². The smallest absolute Gasteiger partial charge is 0.180 e. The van der Waals surface area contributed by atoms with E-state index in [2.05, 4.69) is 15.2 Å². The Morgan fingerprint density at radius 3 is 2.92 bits per heavy atom. The molecule has 2 aromatic rings. The first-order valence-corrected chi connectivity index (χ1v) is 5.20. The van der Waals surface area contributed by atoms with Gasteiger partial charge in [0.05, 0.1) is 11.9 Å². The van der Waals surface area contributed by atoms with Gasteiger partial charge in [0, 0.05) is 0 Å². The molecule has 0 spiro atoms. The lowest BCUT2D eigenvalue weighted by atomic mass is 10.4. The molecule has 0 unspecified atom stereocenters. The molecule has 2 N–H and O–H groups in total.